The number of benzene rings is 12. The van der Waals surface area contributed by atoms with E-state index >= 15 is 0 Å². The third-order valence-corrected chi connectivity index (χ3v) is 13.5. The highest BCUT2D eigenvalue weighted by atomic mass is 15.1. The smallest absolute Gasteiger partial charge is 0.0462 e. The summed E-state index contributed by atoms with van der Waals surface area (Å²) in [6, 6.07) is 98.9. The lowest BCUT2D eigenvalue weighted by Gasteiger charge is -2.26. The van der Waals surface area contributed by atoms with Gasteiger partial charge in [0.25, 0.3) is 0 Å². The van der Waals surface area contributed by atoms with Crippen molar-refractivity contribution in [2.75, 3.05) is 4.90 Å². The Labute approximate surface area is 404 Å². The summed E-state index contributed by atoms with van der Waals surface area (Å²) < 4.78 is 0. The first-order valence-corrected chi connectivity index (χ1v) is 23.7. The van der Waals surface area contributed by atoms with Gasteiger partial charge in [-0.3, -0.25) is 0 Å². The third kappa shape index (κ3) is 8.07. The maximum Gasteiger partial charge on any atom is 0.0462 e. The van der Waals surface area contributed by atoms with E-state index in [1.54, 1.807) is 0 Å². The molecule has 0 aliphatic carbocycles. The van der Waals surface area contributed by atoms with E-state index in [4.69, 9.17) is 0 Å². The van der Waals surface area contributed by atoms with Gasteiger partial charge >= 0.3 is 0 Å². The molecule has 0 heterocycles. The van der Waals surface area contributed by atoms with Crippen LogP contribution in [-0.4, -0.2) is 0 Å². The van der Waals surface area contributed by atoms with Gasteiger partial charge in [0.15, 0.2) is 0 Å². The third-order valence-electron chi connectivity index (χ3n) is 13.5. The Morgan fingerprint density at radius 3 is 0.986 bits per heavy atom. The predicted molar refractivity (Wildman–Crippen MR) is 296 cm³/mol. The van der Waals surface area contributed by atoms with Gasteiger partial charge in [-0.1, -0.05) is 249 Å². The summed E-state index contributed by atoms with van der Waals surface area (Å²) in [5.41, 5.74) is 17.8. The number of nitrogens with zero attached hydrogens (tertiary/aromatic N) is 1. The van der Waals surface area contributed by atoms with Crippen LogP contribution >= 0.6 is 0 Å². The second-order valence-corrected chi connectivity index (χ2v) is 17.6. The summed E-state index contributed by atoms with van der Waals surface area (Å²) in [7, 11) is 0. The first kappa shape index (κ1) is 41.4. The van der Waals surface area contributed by atoms with Crippen LogP contribution in [0.2, 0.25) is 0 Å². The van der Waals surface area contributed by atoms with Gasteiger partial charge in [0.05, 0.1) is 0 Å². The molecular weight excluding hydrogens is 831 g/mol. The van der Waals surface area contributed by atoms with Crippen molar-refractivity contribution in [3.63, 3.8) is 0 Å². The lowest BCUT2D eigenvalue weighted by Crippen LogP contribution is -2.09. The van der Waals surface area contributed by atoms with Crippen molar-refractivity contribution in [2.24, 2.45) is 0 Å². The number of rotatable bonds is 10. The van der Waals surface area contributed by atoms with Crippen LogP contribution in [0.25, 0.3) is 100 Å². The Hall–Kier alpha value is -9.04. The predicted octanol–water partition coefficient (Wildman–Crippen LogP) is 19.1. The molecule has 0 aliphatic rings. The maximum atomic E-state index is 2.36. The minimum Gasteiger partial charge on any atom is -0.311 e. The van der Waals surface area contributed by atoms with Crippen molar-refractivity contribution in [1.82, 2.24) is 0 Å². The van der Waals surface area contributed by atoms with Crippen LogP contribution in [0.1, 0.15) is 11.1 Å². The van der Waals surface area contributed by atoms with Gasteiger partial charge in [-0.2, -0.15) is 0 Å². The Morgan fingerprint density at radius 1 is 0.217 bits per heavy atom. The standard InChI is InChI=1S/C68H47N/c1-4-16-49(17-5-1)51-34-41-57(42-35-51)69(58-43-36-52(37-44-58)50-18-6-2-7-19-50)59-45-38-56(39-46-59)68-65-26-14-12-24-63(65)67(64-25-13-15-27-66(64)68)55-32-29-48(30-33-55)28-31-54-40-47-61(53-20-8-3-9-21-53)62-23-11-10-22-60(54)62/h1-47H/b31-28+. The normalized spacial score (nSPS) is 11.4. The van der Waals surface area contributed by atoms with Gasteiger partial charge in [0.2, 0.25) is 0 Å². The fraction of sp³-hybridized carbons (Fsp3) is 0. The van der Waals surface area contributed by atoms with Crippen molar-refractivity contribution >= 4 is 61.5 Å². The van der Waals surface area contributed by atoms with E-state index in [9.17, 15) is 0 Å². The molecule has 1 heteroatoms. The van der Waals surface area contributed by atoms with Gasteiger partial charge < -0.3 is 4.90 Å². The summed E-state index contributed by atoms with van der Waals surface area (Å²) in [5, 5.41) is 7.46. The molecule has 0 spiro atoms. The molecule has 0 radical (unpaired) electrons. The van der Waals surface area contributed by atoms with Gasteiger partial charge in [-0.15, -0.1) is 0 Å². The van der Waals surface area contributed by atoms with E-state index in [-0.39, 0.29) is 0 Å². The largest absolute Gasteiger partial charge is 0.311 e. The first-order chi connectivity index (χ1) is 34.2. The van der Waals surface area contributed by atoms with Crippen LogP contribution in [0, 0.1) is 0 Å². The molecule has 324 valence electrons. The van der Waals surface area contributed by atoms with Crippen LogP contribution < -0.4 is 4.90 Å². The van der Waals surface area contributed by atoms with E-state index in [1.165, 1.54) is 93.5 Å². The van der Waals surface area contributed by atoms with E-state index in [0.29, 0.717) is 0 Å². The molecule has 1 nitrogen and oxygen atoms in total. The quantitative estimate of drug-likeness (QED) is 0.0977. The zero-order valence-corrected chi connectivity index (χ0v) is 38.1. The molecule has 12 aromatic rings. The highest BCUT2D eigenvalue weighted by molar-refractivity contribution is 6.21. The van der Waals surface area contributed by atoms with Crippen molar-refractivity contribution in [3.05, 3.63) is 284 Å². The van der Waals surface area contributed by atoms with Crippen LogP contribution in [0.15, 0.2) is 273 Å². The van der Waals surface area contributed by atoms with Crippen molar-refractivity contribution in [2.45, 2.75) is 0 Å². The lowest BCUT2D eigenvalue weighted by molar-refractivity contribution is 1.28. The Balaban J connectivity index is 0.895. The summed E-state index contributed by atoms with van der Waals surface area (Å²) in [5.74, 6) is 0. The minimum absolute atomic E-state index is 1.09. The topological polar surface area (TPSA) is 3.24 Å². The molecule has 12 rings (SSSR count). The van der Waals surface area contributed by atoms with E-state index in [0.717, 1.165) is 22.6 Å². The van der Waals surface area contributed by atoms with E-state index < -0.39 is 0 Å². The molecule has 0 N–H and O–H groups in total. The monoisotopic (exact) mass is 877 g/mol. The van der Waals surface area contributed by atoms with Crippen LogP contribution in [0.5, 0.6) is 0 Å². The summed E-state index contributed by atoms with van der Waals surface area (Å²) in [6.45, 7) is 0. The first-order valence-electron chi connectivity index (χ1n) is 23.7. The van der Waals surface area contributed by atoms with Crippen molar-refractivity contribution in [3.8, 4) is 55.6 Å². The molecule has 0 amide bonds. The van der Waals surface area contributed by atoms with Gasteiger partial charge in [-0.25, -0.2) is 0 Å². The van der Waals surface area contributed by atoms with Crippen LogP contribution in [0.3, 0.4) is 0 Å². The Kier molecular flexibility index (Phi) is 11.0. The second-order valence-electron chi connectivity index (χ2n) is 17.6. The molecule has 0 saturated carbocycles. The Morgan fingerprint density at radius 2 is 0.551 bits per heavy atom. The van der Waals surface area contributed by atoms with E-state index in [1.807, 2.05) is 0 Å². The molecule has 0 aliphatic heterocycles. The molecule has 12 aromatic carbocycles. The van der Waals surface area contributed by atoms with Crippen molar-refractivity contribution in [1.29, 1.82) is 0 Å². The van der Waals surface area contributed by atoms with Gasteiger partial charge in [-0.05, 0) is 135 Å². The van der Waals surface area contributed by atoms with E-state index in [2.05, 4.69) is 290 Å². The summed E-state index contributed by atoms with van der Waals surface area (Å²) in [6.07, 6.45) is 4.48. The van der Waals surface area contributed by atoms with Gasteiger partial charge in [0, 0.05) is 17.1 Å². The second kappa shape index (κ2) is 18.3. The van der Waals surface area contributed by atoms with Crippen LogP contribution in [-0.2, 0) is 0 Å². The SMILES string of the molecule is C(=C\c1ccc(-c2ccccc2)c2ccccc12)/c1ccc(-c2c3ccccc3c(-c3ccc(N(c4ccc(-c5ccccc5)cc4)c4ccc(-c5ccccc5)cc4)cc3)c3ccccc23)cc1. The molecular formula is C68H47N. The molecule has 0 fully saturated rings. The molecule has 0 atom stereocenters. The Bertz CT molecular complexity index is 3620. The average molecular weight is 878 g/mol. The minimum atomic E-state index is 1.09. The summed E-state index contributed by atoms with van der Waals surface area (Å²) >= 11 is 0. The fourth-order valence-corrected chi connectivity index (χ4v) is 10.1. The molecule has 0 saturated heterocycles. The lowest BCUT2D eigenvalue weighted by atomic mass is 9.86. The number of fused-ring (bicyclic) bond motifs is 3. The number of anilines is 3. The zero-order valence-electron chi connectivity index (χ0n) is 38.1. The molecule has 0 bridgehead atoms. The van der Waals surface area contributed by atoms with Crippen molar-refractivity contribution < 1.29 is 0 Å². The maximum absolute atomic E-state index is 2.36. The molecule has 0 unspecified atom stereocenters. The molecule has 69 heavy (non-hydrogen) atoms. The highest BCUT2D eigenvalue weighted by Gasteiger charge is 2.19. The van der Waals surface area contributed by atoms with Gasteiger partial charge in [0.1, 0.15) is 0 Å². The molecule has 0 aromatic heterocycles. The van der Waals surface area contributed by atoms with Crippen LogP contribution in [0.4, 0.5) is 17.1 Å². The summed E-state index contributed by atoms with van der Waals surface area (Å²) in [4.78, 5) is 2.36. The number of hydrogen-bond acceptors (Lipinski definition) is 1. The number of hydrogen-bond donors (Lipinski definition) is 0. The fourth-order valence-electron chi connectivity index (χ4n) is 10.1. The highest BCUT2D eigenvalue weighted by Crippen LogP contribution is 2.45. The zero-order chi connectivity index (χ0) is 45.9. The average Bonchev–Trinajstić information content (AvgIpc) is 3.43.